The Balaban J connectivity index is 1.17. The molecule has 6 rings (SSSR count). The van der Waals surface area contributed by atoms with Gasteiger partial charge in [-0.05, 0) is 54.5 Å². The van der Waals surface area contributed by atoms with E-state index >= 15 is 0 Å². The van der Waals surface area contributed by atoms with E-state index in [0.717, 1.165) is 73.2 Å². The summed E-state index contributed by atoms with van der Waals surface area (Å²) >= 11 is 0. The van der Waals surface area contributed by atoms with Gasteiger partial charge < -0.3 is 15.1 Å². The number of amides is 1. The third-order valence-electron chi connectivity index (χ3n) is 7.44. The largest absolute Gasteiger partial charge is 0.368 e. The molecule has 10 nitrogen and oxygen atoms in total. The predicted octanol–water partition coefficient (Wildman–Crippen LogP) is 3.12. The molecule has 1 N–H and O–H groups in total. The molecule has 0 radical (unpaired) electrons. The zero-order valence-electron chi connectivity index (χ0n) is 21.5. The lowest BCUT2D eigenvalue weighted by molar-refractivity contribution is -0.126. The number of piperazine rings is 1. The van der Waals surface area contributed by atoms with Crippen LogP contribution >= 0.6 is 0 Å². The first-order valence-corrected chi connectivity index (χ1v) is 12.9. The van der Waals surface area contributed by atoms with E-state index in [2.05, 4.69) is 79.0 Å². The quantitative estimate of drug-likeness (QED) is 0.396. The molecule has 194 valence electrons. The summed E-state index contributed by atoms with van der Waals surface area (Å²) in [6.07, 6.45) is 4.62. The number of hydrogen-bond donors (Lipinski definition) is 1. The van der Waals surface area contributed by atoms with Crippen molar-refractivity contribution in [1.29, 1.82) is 0 Å². The van der Waals surface area contributed by atoms with Crippen LogP contribution in [0, 0.1) is 6.92 Å². The van der Waals surface area contributed by atoms with Gasteiger partial charge in [-0.3, -0.25) is 9.69 Å². The Labute approximate surface area is 221 Å². The molecule has 2 aromatic carbocycles. The number of nitrogens with one attached hydrogen (secondary N) is 1. The second-order valence-corrected chi connectivity index (χ2v) is 9.82. The summed E-state index contributed by atoms with van der Waals surface area (Å²) in [5.74, 6) is 1.79. The number of fused-ring (bicyclic) bond motifs is 2. The molecule has 4 aromatic rings. The van der Waals surface area contributed by atoms with Crippen LogP contribution in [0.3, 0.4) is 0 Å². The highest BCUT2D eigenvalue weighted by atomic mass is 16.2. The number of hydrogen-bond acceptors (Lipinski definition) is 8. The summed E-state index contributed by atoms with van der Waals surface area (Å²) in [5.41, 5.74) is 5.51. The Morgan fingerprint density at radius 1 is 1.00 bits per heavy atom. The van der Waals surface area contributed by atoms with E-state index in [4.69, 9.17) is 0 Å². The van der Waals surface area contributed by atoms with Gasteiger partial charge in [-0.25, -0.2) is 19.6 Å². The van der Waals surface area contributed by atoms with Crippen LogP contribution < -0.4 is 10.2 Å². The normalized spacial score (nSPS) is 15.9. The van der Waals surface area contributed by atoms with E-state index in [9.17, 15) is 4.79 Å². The molecule has 0 aliphatic carbocycles. The van der Waals surface area contributed by atoms with Gasteiger partial charge in [-0.2, -0.15) is 5.10 Å². The van der Waals surface area contributed by atoms with Crippen LogP contribution in [0.5, 0.6) is 0 Å². The molecule has 2 aliphatic rings. The Hall–Kier alpha value is -4.31. The van der Waals surface area contributed by atoms with E-state index in [0.29, 0.717) is 13.1 Å². The zero-order valence-corrected chi connectivity index (χ0v) is 21.5. The zero-order chi connectivity index (χ0) is 26.1. The molecule has 4 heterocycles. The summed E-state index contributed by atoms with van der Waals surface area (Å²) in [6, 6.07) is 12.7. The third-order valence-corrected chi connectivity index (χ3v) is 7.44. The average molecular weight is 510 g/mol. The van der Waals surface area contributed by atoms with Crippen LogP contribution in [0.4, 0.5) is 17.2 Å². The van der Waals surface area contributed by atoms with Crippen LogP contribution in [0.1, 0.15) is 17.0 Å². The lowest BCUT2D eigenvalue weighted by Crippen LogP contribution is -2.48. The molecule has 0 unspecified atom stereocenters. The van der Waals surface area contributed by atoms with Crippen molar-refractivity contribution in [3.63, 3.8) is 0 Å². The van der Waals surface area contributed by atoms with E-state index in [1.807, 2.05) is 15.6 Å². The van der Waals surface area contributed by atoms with E-state index in [1.54, 1.807) is 12.7 Å². The number of aromatic nitrogens is 5. The first kappa shape index (κ1) is 24.1. The SMILES string of the molecule is C=CC(=O)N1CCN(c2ccc3ncnc(Nc4ccc(CN5CCn6ncnc6C5)c(C)c4)c3c2)CC1. The number of carbonyl (C=O) groups excluding carboxylic acids is 1. The van der Waals surface area contributed by atoms with Crippen LogP contribution in [0.2, 0.25) is 0 Å². The molecule has 0 saturated carbocycles. The fraction of sp³-hybridized carbons (Fsp3) is 0.321. The minimum atomic E-state index is -0.00949. The fourth-order valence-corrected chi connectivity index (χ4v) is 5.23. The molecule has 2 aliphatic heterocycles. The monoisotopic (exact) mass is 509 g/mol. The van der Waals surface area contributed by atoms with Gasteiger partial charge in [-0.15, -0.1) is 0 Å². The minimum absolute atomic E-state index is 0.00949. The summed E-state index contributed by atoms with van der Waals surface area (Å²) in [7, 11) is 0. The van der Waals surface area contributed by atoms with Crippen molar-refractivity contribution in [3.8, 4) is 0 Å². The van der Waals surface area contributed by atoms with Crippen molar-refractivity contribution < 1.29 is 4.79 Å². The highest BCUT2D eigenvalue weighted by molar-refractivity contribution is 5.93. The lowest BCUT2D eigenvalue weighted by Gasteiger charge is -2.35. The second-order valence-electron chi connectivity index (χ2n) is 9.82. The molecule has 0 atom stereocenters. The first-order chi connectivity index (χ1) is 18.6. The highest BCUT2D eigenvalue weighted by Crippen LogP contribution is 2.29. The van der Waals surface area contributed by atoms with Crippen molar-refractivity contribution in [2.45, 2.75) is 26.6 Å². The predicted molar refractivity (Wildman–Crippen MR) is 147 cm³/mol. The maximum atomic E-state index is 11.9. The molecular formula is C28H31N9O. The number of nitrogens with zero attached hydrogens (tertiary/aromatic N) is 8. The maximum absolute atomic E-state index is 11.9. The molecule has 10 heteroatoms. The van der Waals surface area contributed by atoms with Crippen molar-refractivity contribution >= 4 is 34.0 Å². The van der Waals surface area contributed by atoms with Crippen LogP contribution in [-0.4, -0.2) is 73.2 Å². The van der Waals surface area contributed by atoms with Crippen LogP contribution in [0.15, 0.2) is 61.7 Å². The fourth-order valence-electron chi connectivity index (χ4n) is 5.23. The number of carbonyl (C=O) groups is 1. The van der Waals surface area contributed by atoms with Crippen molar-refractivity contribution in [3.05, 3.63) is 78.7 Å². The van der Waals surface area contributed by atoms with Gasteiger partial charge in [0.05, 0.1) is 18.6 Å². The van der Waals surface area contributed by atoms with E-state index < -0.39 is 0 Å². The second kappa shape index (κ2) is 10.2. The minimum Gasteiger partial charge on any atom is -0.368 e. The molecule has 1 amide bonds. The number of rotatable bonds is 6. The lowest BCUT2D eigenvalue weighted by atomic mass is 10.1. The molecular weight excluding hydrogens is 478 g/mol. The van der Waals surface area contributed by atoms with Gasteiger partial charge in [-0.1, -0.05) is 12.6 Å². The van der Waals surface area contributed by atoms with Gasteiger partial charge in [0.15, 0.2) is 0 Å². The van der Waals surface area contributed by atoms with Crippen LogP contribution in [-0.2, 0) is 24.4 Å². The molecule has 0 bridgehead atoms. The number of aryl methyl sites for hydroxylation is 1. The summed E-state index contributed by atoms with van der Waals surface area (Å²) in [5, 5.41) is 8.76. The van der Waals surface area contributed by atoms with Crippen molar-refractivity contribution in [2.24, 2.45) is 0 Å². The summed E-state index contributed by atoms with van der Waals surface area (Å²) in [6.45, 7) is 12.2. The standard InChI is InChI=1S/C28H31N9O/c1-3-27(38)36-11-9-35(10-12-36)23-6-7-25-24(15-23)28(31-18-29-25)33-22-5-4-21(20(2)14-22)16-34-8-13-37-26(17-34)30-19-32-37/h3-7,14-15,18-19H,1,8-13,16-17H2,2H3,(H,29,31,33). The highest BCUT2D eigenvalue weighted by Gasteiger charge is 2.21. The third kappa shape index (κ3) is 4.82. The van der Waals surface area contributed by atoms with Crippen molar-refractivity contribution in [1.82, 2.24) is 34.5 Å². The smallest absolute Gasteiger partial charge is 0.246 e. The molecule has 38 heavy (non-hydrogen) atoms. The molecule has 1 fully saturated rings. The van der Waals surface area contributed by atoms with Gasteiger partial charge in [0.25, 0.3) is 0 Å². The van der Waals surface area contributed by atoms with Gasteiger partial charge in [0.2, 0.25) is 5.91 Å². The molecule has 0 spiro atoms. The van der Waals surface area contributed by atoms with Gasteiger partial charge in [0, 0.05) is 56.0 Å². The molecule has 2 aromatic heterocycles. The van der Waals surface area contributed by atoms with Crippen LogP contribution in [0.25, 0.3) is 10.9 Å². The Bertz CT molecular complexity index is 1490. The average Bonchev–Trinajstić information content (AvgIpc) is 3.42. The molecule has 1 saturated heterocycles. The Morgan fingerprint density at radius 2 is 1.87 bits per heavy atom. The Morgan fingerprint density at radius 3 is 2.68 bits per heavy atom. The number of anilines is 3. The topological polar surface area (TPSA) is 95.3 Å². The van der Waals surface area contributed by atoms with E-state index in [1.165, 1.54) is 17.2 Å². The van der Waals surface area contributed by atoms with Gasteiger partial charge in [0.1, 0.15) is 24.3 Å². The van der Waals surface area contributed by atoms with Gasteiger partial charge >= 0.3 is 0 Å². The number of benzene rings is 2. The van der Waals surface area contributed by atoms with Crippen molar-refractivity contribution in [2.75, 3.05) is 42.9 Å². The Kier molecular flexibility index (Phi) is 6.47. The maximum Gasteiger partial charge on any atom is 0.246 e. The van der Waals surface area contributed by atoms with E-state index in [-0.39, 0.29) is 5.91 Å². The summed E-state index contributed by atoms with van der Waals surface area (Å²) in [4.78, 5) is 31.9. The summed E-state index contributed by atoms with van der Waals surface area (Å²) < 4.78 is 1.98. The first-order valence-electron chi connectivity index (χ1n) is 12.9.